The molecule has 2 aromatic carbocycles. The number of benzene rings is 2. The fraction of sp³-hybridized carbons (Fsp3) is 0.133. The van der Waals surface area contributed by atoms with E-state index in [2.05, 4.69) is 0 Å². The molecule has 2 N–H and O–H groups in total. The number of halogens is 1. The molecule has 0 aliphatic carbocycles. The monoisotopic (exact) mass is 356 g/mol. The van der Waals surface area contributed by atoms with Gasteiger partial charge in [-0.15, -0.1) is 0 Å². The molecule has 0 amide bonds. The molecule has 0 aliphatic heterocycles. The highest BCUT2D eigenvalue weighted by Crippen LogP contribution is 2.24. The molecule has 0 heterocycles. The van der Waals surface area contributed by atoms with Gasteiger partial charge in [0.2, 0.25) is 0 Å². The van der Waals surface area contributed by atoms with Crippen LogP contribution >= 0.6 is 11.6 Å². The molecule has 2 rings (SSSR count). The van der Waals surface area contributed by atoms with Gasteiger partial charge in [0, 0.05) is 11.1 Å². The summed E-state index contributed by atoms with van der Waals surface area (Å²) in [6, 6.07) is 9.43. The van der Waals surface area contributed by atoms with Crippen molar-refractivity contribution in [2.45, 2.75) is 4.90 Å². The highest BCUT2D eigenvalue weighted by atomic mass is 35.5. The van der Waals surface area contributed by atoms with Crippen LogP contribution in [0.5, 0.6) is 11.5 Å². The van der Waals surface area contributed by atoms with Crippen LogP contribution < -0.4 is 4.74 Å². The molecule has 0 unspecified atom stereocenters. The third-order valence-electron chi connectivity index (χ3n) is 2.99. The number of ether oxygens (including phenoxy) is 1. The van der Waals surface area contributed by atoms with Crippen LogP contribution in [0.2, 0.25) is 5.02 Å². The highest BCUT2D eigenvalue weighted by Gasteiger charge is 2.15. The van der Waals surface area contributed by atoms with E-state index in [4.69, 9.17) is 21.4 Å². The maximum atomic E-state index is 12.1. The van der Waals surface area contributed by atoms with E-state index in [0.29, 0.717) is 5.02 Å². The number of phenols is 1. The van der Waals surface area contributed by atoms with Crippen LogP contribution in [-0.4, -0.2) is 37.0 Å². The summed E-state index contributed by atoms with van der Waals surface area (Å²) in [4.78, 5) is 10.9. The Kier molecular flexibility index (Phi) is 5.12. The van der Waals surface area contributed by atoms with Crippen molar-refractivity contribution in [3.8, 4) is 11.5 Å². The summed E-state index contributed by atoms with van der Waals surface area (Å²) in [6.45, 7) is -0.142. The molecule has 0 bridgehead atoms. The predicted molar refractivity (Wildman–Crippen MR) is 84.1 cm³/mol. The quantitative estimate of drug-likeness (QED) is 0.825. The van der Waals surface area contributed by atoms with Crippen molar-refractivity contribution in [2.24, 2.45) is 0 Å². The predicted octanol–water partition coefficient (Wildman–Crippen LogP) is 2.60. The van der Waals surface area contributed by atoms with Gasteiger partial charge in [-0.05, 0) is 36.4 Å². The van der Waals surface area contributed by atoms with Gasteiger partial charge in [0.05, 0.1) is 10.6 Å². The van der Waals surface area contributed by atoms with Crippen LogP contribution in [0.15, 0.2) is 47.4 Å². The Morgan fingerprint density at radius 1 is 1.13 bits per heavy atom. The average molecular weight is 357 g/mol. The van der Waals surface area contributed by atoms with Gasteiger partial charge >= 0.3 is 5.97 Å². The van der Waals surface area contributed by atoms with Gasteiger partial charge in [0.25, 0.3) is 0 Å². The SMILES string of the molecule is O=C(O)c1ccc(OCCS(=O)(=O)c2ccc(Cl)cc2)cc1O. The van der Waals surface area contributed by atoms with E-state index in [0.717, 1.165) is 6.07 Å². The fourth-order valence-electron chi connectivity index (χ4n) is 1.81. The van der Waals surface area contributed by atoms with Crippen molar-refractivity contribution in [3.63, 3.8) is 0 Å². The van der Waals surface area contributed by atoms with Gasteiger partial charge in [-0.25, -0.2) is 13.2 Å². The molecule has 0 aromatic heterocycles. The minimum absolute atomic E-state index is 0.134. The lowest BCUT2D eigenvalue weighted by atomic mass is 10.2. The maximum Gasteiger partial charge on any atom is 0.339 e. The number of carboxylic acids is 1. The van der Waals surface area contributed by atoms with Gasteiger partial charge in [-0.1, -0.05) is 11.6 Å². The number of sulfone groups is 1. The lowest BCUT2D eigenvalue weighted by molar-refractivity contribution is 0.0693. The molecule has 122 valence electrons. The lowest BCUT2D eigenvalue weighted by Crippen LogP contribution is -2.14. The third kappa shape index (κ3) is 4.37. The number of hydrogen-bond donors (Lipinski definition) is 2. The first-order chi connectivity index (χ1) is 10.8. The Bertz CT molecular complexity index is 814. The first kappa shape index (κ1) is 17.1. The van der Waals surface area contributed by atoms with Crippen molar-refractivity contribution in [1.29, 1.82) is 0 Å². The van der Waals surface area contributed by atoms with E-state index in [1.165, 1.54) is 36.4 Å². The Morgan fingerprint density at radius 2 is 1.78 bits per heavy atom. The van der Waals surface area contributed by atoms with Gasteiger partial charge in [-0.2, -0.15) is 0 Å². The molecule has 23 heavy (non-hydrogen) atoms. The first-order valence-corrected chi connectivity index (χ1v) is 8.50. The molecule has 0 saturated carbocycles. The second kappa shape index (κ2) is 6.89. The minimum atomic E-state index is -3.52. The Balaban J connectivity index is 2.00. The van der Waals surface area contributed by atoms with Gasteiger partial charge in [0.15, 0.2) is 9.84 Å². The van der Waals surface area contributed by atoms with Crippen LogP contribution in [0, 0.1) is 0 Å². The van der Waals surface area contributed by atoms with Crippen molar-refractivity contribution >= 4 is 27.4 Å². The summed E-state index contributed by atoms with van der Waals surface area (Å²) in [7, 11) is -3.52. The molecule has 0 aliphatic rings. The fourth-order valence-corrected chi connectivity index (χ4v) is 3.03. The van der Waals surface area contributed by atoms with Crippen LogP contribution in [0.3, 0.4) is 0 Å². The summed E-state index contributed by atoms with van der Waals surface area (Å²) >= 11 is 5.71. The van der Waals surface area contributed by atoms with E-state index in [1.54, 1.807) is 0 Å². The average Bonchev–Trinajstić information content (AvgIpc) is 2.47. The molecule has 0 spiro atoms. The summed E-state index contributed by atoms with van der Waals surface area (Å²) in [5, 5.41) is 18.8. The Hall–Kier alpha value is -2.25. The van der Waals surface area contributed by atoms with Crippen molar-refractivity contribution < 1.29 is 28.2 Å². The number of hydrogen-bond acceptors (Lipinski definition) is 5. The molecule has 0 atom stereocenters. The lowest BCUT2D eigenvalue weighted by Gasteiger charge is -2.08. The molecule has 8 heteroatoms. The topological polar surface area (TPSA) is 101 Å². The van der Waals surface area contributed by atoms with Crippen LogP contribution in [0.25, 0.3) is 0 Å². The summed E-state index contributed by atoms with van der Waals surface area (Å²) in [5.74, 6) is -1.80. The number of aromatic hydroxyl groups is 1. The van der Waals surface area contributed by atoms with Crippen molar-refractivity contribution in [2.75, 3.05) is 12.4 Å². The summed E-state index contributed by atoms with van der Waals surface area (Å²) in [6.07, 6.45) is 0. The van der Waals surface area contributed by atoms with Crippen LogP contribution in [0.4, 0.5) is 0 Å². The Morgan fingerprint density at radius 3 is 2.35 bits per heavy atom. The zero-order chi connectivity index (χ0) is 17.0. The van der Waals surface area contributed by atoms with Crippen molar-refractivity contribution in [1.82, 2.24) is 0 Å². The largest absolute Gasteiger partial charge is 0.507 e. The molecule has 6 nitrogen and oxygen atoms in total. The van der Waals surface area contributed by atoms with Crippen molar-refractivity contribution in [3.05, 3.63) is 53.1 Å². The molecular weight excluding hydrogens is 344 g/mol. The zero-order valence-corrected chi connectivity index (χ0v) is 13.3. The number of aromatic carboxylic acids is 1. The standard InChI is InChI=1S/C15H13ClO6S/c16-10-1-4-12(5-2-10)23(20,21)8-7-22-11-3-6-13(15(18)19)14(17)9-11/h1-6,9,17H,7-8H2,(H,18,19). The summed E-state index contributed by atoms with van der Waals surface area (Å²) in [5.41, 5.74) is -0.258. The van der Waals surface area contributed by atoms with E-state index >= 15 is 0 Å². The molecular formula is C15H13ClO6S. The van der Waals surface area contributed by atoms with E-state index in [-0.39, 0.29) is 28.6 Å². The second-order valence-corrected chi connectivity index (χ2v) is 7.15. The van der Waals surface area contributed by atoms with Crippen LogP contribution in [0.1, 0.15) is 10.4 Å². The van der Waals surface area contributed by atoms with E-state index < -0.39 is 21.6 Å². The number of rotatable bonds is 6. The van der Waals surface area contributed by atoms with Gasteiger partial charge in [-0.3, -0.25) is 0 Å². The minimum Gasteiger partial charge on any atom is -0.507 e. The first-order valence-electron chi connectivity index (χ1n) is 6.47. The molecule has 0 fully saturated rings. The van der Waals surface area contributed by atoms with Crippen LogP contribution in [-0.2, 0) is 9.84 Å². The van der Waals surface area contributed by atoms with E-state index in [9.17, 15) is 18.3 Å². The molecule has 0 radical (unpaired) electrons. The molecule has 2 aromatic rings. The van der Waals surface area contributed by atoms with Gasteiger partial charge in [0.1, 0.15) is 23.7 Å². The van der Waals surface area contributed by atoms with Gasteiger partial charge < -0.3 is 14.9 Å². The zero-order valence-electron chi connectivity index (χ0n) is 11.8. The maximum absolute atomic E-state index is 12.1. The Labute approximate surface area is 137 Å². The summed E-state index contributed by atoms with van der Waals surface area (Å²) < 4.78 is 29.4. The molecule has 0 saturated heterocycles. The highest BCUT2D eigenvalue weighted by molar-refractivity contribution is 7.91. The number of carbonyl (C=O) groups is 1. The van der Waals surface area contributed by atoms with E-state index in [1.807, 2.05) is 0 Å². The third-order valence-corrected chi connectivity index (χ3v) is 4.94. The normalized spacial score (nSPS) is 11.2. The number of carboxylic acid groups (broad SMARTS) is 1. The second-order valence-electron chi connectivity index (χ2n) is 4.61. The smallest absolute Gasteiger partial charge is 0.339 e.